The fourth-order valence-electron chi connectivity index (χ4n) is 1.08. The number of ether oxygens (including phenoxy) is 1. The highest BCUT2D eigenvalue weighted by atomic mass is 16.5. The highest BCUT2D eigenvalue weighted by Crippen LogP contribution is 2.04. The molecular weight excluding hydrogens is 206 g/mol. The van der Waals surface area contributed by atoms with Gasteiger partial charge >= 0.3 is 5.97 Å². The van der Waals surface area contributed by atoms with Crippen LogP contribution < -0.4 is 11.1 Å². The maximum atomic E-state index is 11.4. The normalized spacial score (nSPS) is 16.6. The third-order valence-electron chi connectivity index (χ3n) is 1.89. The van der Waals surface area contributed by atoms with Crippen molar-refractivity contribution in [3.8, 4) is 0 Å². The molecule has 92 valence electrons. The molecule has 1 unspecified atom stereocenters. The molecule has 0 aliphatic carbocycles. The summed E-state index contributed by atoms with van der Waals surface area (Å²) >= 11 is 0. The van der Waals surface area contributed by atoms with Crippen LogP contribution in [0, 0.1) is 0 Å². The van der Waals surface area contributed by atoms with E-state index >= 15 is 0 Å². The first kappa shape index (κ1) is 9.69. The van der Waals surface area contributed by atoms with Gasteiger partial charge in [0.2, 0.25) is 0 Å². The van der Waals surface area contributed by atoms with E-state index in [0.29, 0.717) is 0 Å². The fourth-order valence-corrected chi connectivity index (χ4v) is 1.08. The highest BCUT2D eigenvalue weighted by molar-refractivity contribution is 5.82. The van der Waals surface area contributed by atoms with E-state index in [1.807, 2.05) is 6.08 Å². The van der Waals surface area contributed by atoms with Crippen LogP contribution in [0.4, 0.5) is 0 Å². The molecule has 0 saturated carbocycles. The average Bonchev–Trinajstić information content (AvgIpc) is 2.24. The van der Waals surface area contributed by atoms with Gasteiger partial charge in [-0.1, -0.05) is 6.08 Å². The van der Waals surface area contributed by atoms with Crippen molar-refractivity contribution in [1.82, 2.24) is 5.32 Å². The van der Waals surface area contributed by atoms with E-state index in [0.717, 1.165) is 19.3 Å². The minimum atomic E-state index is -2.51. The number of aliphatic imine (C=N–C) groups is 1. The Hall–Kier alpha value is -1.52. The molecule has 5 nitrogen and oxygen atoms in total. The van der Waals surface area contributed by atoms with E-state index < -0.39 is 12.9 Å². The Morgan fingerprint density at radius 2 is 2.56 bits per heavy atom. The van der Waals surface area contributed by atoms with Crippen LogP contribution in [0.2, 0.25) is 0 Å². The third-order valence-corrected chi connectivity index (χ3v) is 1.89. The lowest BCUT2D eigenvalue weighted by atomic mass is 10.2. The molecule has 0 heterocycles. The van der Waals surface area contributed by atoms with E-state index in [-0.39, 0.29) is 18.6 Å². The number of unbranched alkanes of at least 4 members (excludes halogenated alkanes) is 1. The summed E-state index contributed by atoms with van der Waals surface area (Å²) in [5.74, 6) is -0.814. The van der Waals surface area contributed by atoms with E-state index in [1.54, 1.807) is 6.92 Å². The lowest BCUT2D eigenvalue weighted by Crippen LogP contribution is -2.37. The Balaban J connectivity index is 3.92. The Kier molecular flexibility index (Phi) is 5.31. The molecule has 0 bridgehead atoms. The van der Waals surface area contributed by atoms with Crippen molar-refractivity contribution in [2.45, 2.75) is 32.3 Å². The zero-order valence-electron chi connectivity index (χ0n) is 12.5. The fraction of sp³-hybridized carbons (Fsp3) is 0.636. The van der Waals surface area contributed by atoms with Crippen molar-refractivity contribution >= 4 is 11.9 Å². The van der Waals surface area contributed by atoms with Crippen molar-refractivity contribution in [2.75, 3.05) is 13.5 Å². The predicted octanol–water partition coefficient (Wildman–Crippen LogP) is 0.808. The summed E-state index contributed by atoms with van der Waals surface area (Å²) in [5.41, 5.74) is 5.30. The van der Waals surface area contributed by atoms with Crippen LogP contribution in [0.5, 0.6) is 0 Å². The first-order chi connectivity index (χ1) is 8.74. The van der Waals surface area contributed by atoms with Gasteiger partial charge in [-0.25, -0.2) is 0 Å². The number of hydrogen-bond donors (Lipinski definition) is 2. The maximum absolute atomic E-state index is 11.4. The number of hydrogen-bond acceptors (Lipinski definition) is 3. The molecule has 0 aromatic rings. The van der Waals surface area contributed by atoms with Gasteiger partial charge < -0.3 is 15.8 Å². The van der Waals surface area contributed by atoms with Crippen molar-refractivity contribution in [1.29, 1.82) is 0 Å². The van der Waals surface area contributed by atoms with Gasteiger partial charge in [0.25, 0.3) is 0 Å². The van der Waals surface area contributed by atoms with Gasteiger partial charge in [-0.15, -0.1) is 6.58 Å². The molecular formula is C11H21N3O2. The summed E-state index contributed by atoms with van der Waals surface area (Å²) < 4.78 is 25.7. The number of nitrogens with one attached hydrogen (secondary N) is 1. The van der Waals surface area contributed by atoms with Gasteiger partial charge in [-0.05, 0) is 26.2 Å². The van der Waals surface area contributed by atoms with Crippen LogP contribution in [0.25, 0.3) is 0 Å². The standard InChI is InChI=1S/C11H21N3O2/c1-4-5-6-7-9(2)16-10(15)8-14-11(12)13-3/h4,9H,1,5-8H2,2-3H3,(H3,12,13,14)/i3D3. The van der Waals surface area contributed by atoms with E-state index in [9.17, 15) is 4.79 Å². The van der Waals surface area contributed by atoms with Crippen LogP contribution >= 0.6 is 0 Å². The second-order valence-electron chi connectivity index (χ2n) is 3.37. The number of rotatable bonds is 7. The second-order valence-corrected chi connectivity index (χ2v) is 3.37. The van der Waals surface area contributed by atoms with Crippen molar-refractivity contribution in [3.63, 3.8) is 0 Å². The molecule has 0 aromatic heterocycles. The van der Waals surface area contributed by atoms with Gasteiger partial charge in [0.15, 0.2) is 5.96 Å². The first-order valence-corrected chi connectivity index (χ1v) is 5.14. The number of allylic oxidation sites excluding steroid dienone is 1. The number of esters is 1. The summed E-state index contributed by atoms with van der Waals surface area (Å²) in [4.78, 5) is 14.6. The molecule has 16 heavy (non-hydrogen) atoms. The van der Waals surface area contributed by atoms with E-state index in [1.165, 1.54) is 0 Å². The number of carbonyl (C=O) groups excluding carboxylic acids is 1. The summed E-state index contributed by atoms with van der Waals surface area (Å²) in [6.07, 6.45) is 4.13. The van der Waals surface area contributed by atoms with Gasteiger partial charge in [0, 0.05) is 11.1 Å². The summed E-state index contributed by atoms with van der Waals surface area (Å²) in [7, 11) is 0. The molecule has 5 heteroatoms. The Bertz CT molecular complexity index is 330. The average molecular weight is 230 g/mol. The zero-order chi connectivity index (χ0) is 14.9. The van der Waals surface area contributed by atoms with Gasteiger partial charge in [0.05, 0.1) is 6.10 Å². The smallest absolute Gasteiger partial charge is 0.325 e. The van der Waals surface area contributed by atoms with Crippen molar-refractivity contribution in [3.05, 3.63) is 12.7 Å². The maximum Gasteiger partial charge on any atom is 0.325 e. The Morgan fingerprint density at radius 1 is 1.81 bits per heavy atom. The predicted molar refractivity (Wildman–Crippen MR) is 65.2 cm³/mol. The molecule has 3 N–H and O–H groups in total. The lowest BCUT2D eigenvalue weighted by molar-refractivity contribution is -0.147. The van der Waals surface area contributed by atoms with Crippen LogP contribution in [-0.2, 0) is 9.53 Å². The number of guanidine groups is 1. The minimum Gasteiger partial charge on any atom is -0.461 e. The Labute approximate surface area is 101 Å². The molecule has 0 saturated heterocycles. The van der Waals surface area contributed by atoms with Crippen LogP contribution in [0.3, 0.4) is 0 Å². The molecule has 0 aliphatic rings. The second kappa shape index (κ2) is 8.76. The molecule has 1 atom stereocenters. The largest absolute Gasteiger partial charge is 0.461 e. The third kappa shape index (κ3) is 7.84. The zero-order valence-corrected chi connectivity index (χ0v) is 9.53. The molecule has 0 amide bonds. The number of carbonyl (C=O) groups is 1. The SMILES string of the molecule is [2H]C([2H])([2H])N=C(N)NCC(=O)OC(C)CCCC=C. The molecule has 0 aliphatic heterocycles. The quantitative estimate of drug-likeness (QED) is 0.223. The molecule has 0 rings (SSSR count). The summed E-state index contributed by atoms with van der Waals surface area (Å²) in [6.45, 7) is 2.67. The highest BCUT2D eigenvalue weighted by Gasteiger charge is 2.08. The molecule has 0 fully saturated rings. The van der Waals surface area contributed by atoms with Gasteiger partial charge in [-0.2, -0.15) is 0 Å². The van der Waals surface area contributed by atoms with Crippen LogP contribution in [0.1, 0.15) is 30.3 Å². The summed E-state index contributed by atoms with van der Waals surface area (Å²) in [6, 6.07) is 0. The van der Waals surface area contributed by atoms with Crippen LogP contribution in [0.15, 0.2) is 17.6 Å². The minimum absolute atomic E-state index is 0.199. The topological polar surface area (TPSA) is 76.7 Å². The monoisotopic (exact) mass is 230 g/mol. The molecule has 0 spiro atoms. The summed E-state index contributed by atoms with van der Waals surface area (Å²) in [5, 5.41) is 2.39. The van der Waals surface area contributed by atoms with Gasteiger partial charge in [-0.3, -0.25) is 9.79 Å². The molecule has 0 radical (unpaired) electrons. The van der Waals surface area contributed by atoms with Crippen molar-refractivity contribution in [2.24, 2.45) is 10.7 Å². The Morgan fingerprint density at radius 3 is 3.19 bits per heavy atom. The van der Waals surface area contributed by atoms with E-state index in [4.69, 9.17) is 14.6 Å². The van der Waals surface area contributed by atoms with Crippen molar-refractivity contribution < 1.29 is 13.6 Å². The van der Waals surface area contributed by atoms with Crippen LogP contribution in [-0.4, -0.2) is 31.6 Å². The molecule has 0 aromatic carbocycles. The van der Waals surface area contributed by atoms with Gasteiger partial charge in [0.1, 0.15) is 6.54 Å². The van der Waals surface area contributed by atoms with E-state index in [2.05, 4.69) is 16.9 Å². The number of nitrogens with two attached hydrogens (primary N) is 1. The lowest BCUT2D eigenvalue weighted by Gasteiger charge is -2.13. The number of nitrogens with zero attached hydrogens (tertiary/aromatic N) is 1. The first-order valence-electron chi connectivity index (χ1n) is 6.64.